The second kappa shape index (κ2) is 9.98. The van der Waals surface area contributed by atoms with Crippen molar-refractivity contribution in [3.05, 3.63) is 59.7 Å². The fourth-order valence-electron chi connectivity index (χ4n) is 4.60. The van der Waals surface area contributed by atoms with E-state index in [0.717, 1.165) is 29.5 Å². The van der Waals surface area contributed by atoms with Gasteiger partial charge in [-0.15, -0.1) is 0 Å². The summed E-state index contributed by atoms with van der Waals surface area (Å²) in [5.74, 6) is -0.348. The maximum atomic E-state index is 13.4. The smallest absolute Gasteiger partial charge is 0.241 e. The minimum Gasteiger partial charge on any atom is -0.348 e. The molecular weight excluding hydrogens is 402 g/mol. The van der Waals surface area contributed by atoms with Crippen molar-refractivity contribution >= 4 is 17.7 Å². The SMILES string of the molecule is CC(=O)NCC(=O)N1CCC[C@](Cc2cccc(-c3cccc(C)c3)c2)(C(=O)N(C)C)C1. The Morgan fingerprint density at radius 1 is 1.06 bits per heavy atom. The molecule has 0 saturated carbocycles. The molecule has 2 aromatic rings. The summed E-state index contributed by atoms with van der Waals surface area (Å²) in [5, 5.41) is 2.58. The quantitative estimate of drug-likeness (QED) is 0.758. The Kier molecular flexibility index (Phi) is 7.33. The minimum absolute atomic E-state index is 0.0373. The first-order valence-corrected chi connectivity index (χ1v) is 11.1. The number of piperidine rings is 1. The molecule has 0 bridgehead atoms. The lowest BCUT2D eigenvalue weighted by Crippen LogP contribution is -2.55. The largest absolute Gasteiger partial charge is 0.348 e. The molecular formula is C26H33N3O3. The van der Waals surface area contributed by atoms with E-state index in [1.54, 1.807) is 23.9 Å². The van der Waals surface area contributed by atoms with Gasteiger partial charge >= 0.3 is 0 Å². The fraction of sp³-hybridized carbons (Fsp3) is 0.423. The number of nitrogens with zero attached hydrogens (tertiary/aromatic N) is 2. The maximum Gasteiger partial charge on any atom is 0.241 e. The molecule has 170 valence electrons. The number of amides is 3. The van der Waals surface area contributed by atoms with Gasteiger partial charge in [-0.3, -0.25) is 14.4 Å². The van der Waals surface area contributed by atoms with Crippen molar-refractivity contribution in [2.75, 3.05) is 33.7 Å². The van der Waals surface area contributed by atoms with Crippen molar-refractivity contribution in [1.29, 1.82) is 0 Å². The molecule has 2 aromatic carbocycles. The fourth-order valence-corrected chi connectivity index (χ4v) is 4.60. The Hall–Kier alpha value is -3.15. The molecule has 1 aliphatic rings. The number of carbonyl (C=O) groups is 3. The van der Waals surface area contributed by atoms with Crippen LogP contribution in [0.4, 0.5) is 0 Å². The first kappa shape index (κ1) is 23.5. The molecule has 1 atom stereocenters. The molecule has 0 aromatic heterocycles. The average Bonchev–Trinajstić information content (AvgIpc) is 2.77. The molecule has 1 aliphatic heterocycles. The van der Waals surface area contributed by atoms with Crippen LogP contribution in [0.5, 0.6) is 0 Å². The highest BCUT2D eigenvalue weighted by molar-refractivity contribution is 5.86. The molecule has 0 spiro atoms. The molecule has 3 amide bonds. The third-order valence-corrected chi connectivity index (χ3v) is 6.10. The van der Waals surface area contributed by atoms with Gasteiger partial charge < -0.3 is 15.1 Å². The molecule has 0 radical (unpaired) electrons. The second-order valence-electron chi connectivity index (χ2n) is 9.06. The predicted octanol–water partition coefficient (Wildman–Crippen LogP) is 3.04. The van der Waals surface area contributed by atoms with Crippen molar-refractivity contribution in [1.82, 2.24) is 15.1 Å². The van der Waals surface area contributed by atoms with Crippen LogP contribution in [0.15, 0.2) is 48.5 Å². The lowest BCUT2D eigenvalue weighted by molar-refractivity contribution is -0.147. The van der Waals surface area contributed by atoms with Gasteiger partial charge in [0, 0.05) is 34.1 Å². The molecule has 0 unspecified atom stereocenters. The van der Waals surface area contributed by atoms with Gasteiger partial charge in [-0.25, -0.2) is 0 Å². The average molecular weight is 436 g/mol. The number of hydrogen-bond acceptors (Lipinski definition) is 3. The van der Waals surface area contributed by atoms with E-state index in [1.165, 1.54) is 12.5 Å². The second-order valence-corrected chi connectivity index (χ2v) is 9.06. The first-order valence-electron chi connectivity index (χ1n) is 11.1. The summed E-state index contributed by atoms with van der Waals surface area (Å²) in [5.41, 5.74) is 3.87. The van der Waals surface area contributed by atoms with E-state index in [1.807, 2.05) is 12.1 Å². The third kappa shape index (κ3) is 5.55. The molecule has 6 nitrogen and oxygen atoms in total. The normalized spacial score (nSPS) is 18.2. The van der Waals surface area contributed by atoms with Crippen LogP contribution in [0, 0.1) is 12.3 Å². The lowest BCUT2D eigenvalue weighted by Gasteiger charge is -2.43. The van der Waals surface area contributed by atoms with E-state index in [2.05, 4.69) is 48.6 Å². The van der Waals surface area contributed by atoms with Crippen LogP contribution in [0.1, 0.15) is 30.9 Å². The Morgan fingerprint density at radius 2 is 1.75 bits per heavy atom. The monoisotopic (exact) mass is 435 g/mol. The molecule has 1 heterocycles. The number of hydrogen-bond donors (Lipinski definition) is 1. The van der Waals surface area contributed by atoms with Gasteiger partial charge in [0.25, 0.3) is 0 Å². The van der Waals surface area contributed by atoms with Crippen LogP contribution in [-0.2, 0) is 20.8 Å². The van der Waals surface area contributed by atoms with Crippen molar-refractivity contribution in [3.63, 3.8) is 0 Å². The highest BCUT2D eigenvalue weighted by Crippen LogP contribution is 2.36. The van der Waals surface area contributed by atoms with Crippen LogP contribution < -0.4 is 5.32 Å². The van der Waals surface area contributed by atoms with E-state index < -0.39 is 5.41 Å². The van der Waals surface area contributed by atoms with Gasteiger partial charge in [0.1, 0.15) is 0 Å². The number of benzene rings is 2. The Labute approximate surface area is 190 Å². The van der Waals surface area contributed by atoms with Crippen molar-refractivity contribution in [3.8, 4) is 11.1 Å². The zero-order valence-electron chi connectivity index (χ0n) is 19.5. The zero-order chi connectivity index (χ0) is 23.3. The maximum absolute atomic E-state index is 13.4. The van der Waals surface area contributed by atoms with Crippen LogP contribution >= 0.6 is 0 Å². The number of carbonyl (C=O) groups excluding carboxylic acids is 3. The summed E-state index contributed by atoms with van der Waals surface area (Å²) in [7, 11) is 3.54. The van der Waals surface area contributed by atoms with Crippen LogP contribution in [0.25, 0.3) is 11.1 Å². The molecule has 3 rings (SSSR count). The van der Waals surface area contributed by atoms with Crippen LogP contribution in [0.2, 0.25) is 0 Å². The summed E-state index contributed by atoms with van der Waals surface area (Å²) < 4.78 is 0. The standard InChI is InChI=1S/C26H33N3O3/c1-19-8-5-10-22(14-19)23-11-6-9-21(15-23)16-26(25(32)28(3)4)12-7-13-29(18-26)24(31)17-27-20(2)30/h5-6,8-11,14-15H,7,12-13,16-18H2,1-4H3,(H,27,30)/t26-/m1/s1. The molecule has 32 heavy (non-hydrogen) atoms. The zero-order valence-corrected chi connectivity index (χ0v) is 19.5. The Balaban J connectivity index is 1.88. The summed E-state index contributed by atoms with van der Waals surface area (Å²) in [6, 6.07) is 16.7. The van der Waals surface area contributed by atoms with E-state index in [9.17, 15) is 14.4 Å². The van der Waals surface area contributed by atoms with Crippen LogP contribution in [0.3, 0.4) is 0 Å². The minimum atomic E-state index is -0.682. The van der Waals surface area contributed by atoms with Gasteiger partial charge in [0.05, 0.1) is 12.0 Å². The molecule has 1 N–H and O–H groups in total. The van der Waals surface area contributed by atoms with Crippen molar-refractivity contribution < 1.29 is 14.4 Å². The van der Waals surface area contributed by atoms with Crippen LogP contribution in [-0.4, -0.2) is 61.3 Å². The summed E-state index contributed by atoms with van der Waals surface area (Å²) in [6.45, 7) is 4.39. The topological polar surface area (TPSA) is 69.7 Å². The van der Waals surface area contributed by atoms with Gasteiger partial charge in [0.2, 0.25) is 17.7 Å². The Bertz CT molecular complexity index is 1000. The summed E-state index contributed by atoms with van der Waals surface area (Å²) in [4.78, 5) is 40.7. The number of aryl methyl sites for hydroxylation is 1. The van der Waals surface area contributed by atoms with E-state index in [4.69, 9.17) is 0 Å². The van der Waals surface area contributed by atoms with E-state index in [-0.39, 0.29) is 24.3 Å². The highest BCUT2D eigenvalue weighted by atomic mass is 16.2. The molecule has 6 heteroatoms. The third-order valence-electron chi connectivity index (χ3n) is 6.10. The van der Waals surface area contributed by atoms with E-state index >= 15 is 0 Å². The molecule has 1 saturated heterocycles. The highest BCUT2D eigenvalue weighted by Gasteiger charge is 2.44. The number of nitrogens with one attached hydrogen (secondary N) is 1. The first-order chi connectivity index (χ1) is 15.2. The number of rotatable bonds is 6. The summed E-state index contributed by atoms with van der Waals surface area (Å²) >= 11 is 0. The van der Waals surface area contributed by atoms with Gasteiger partial charge in [-0.2, -0.15) is 0 Å². The van der Waals surface area contributed by atoms with Gasteiger partial charge in [0.15, 0.2) is 0 Å². The lowest BCUT2D eigenvalue weighted by atomic mass is 9.73. The molecule has 0 aliphatic carbocycles. The predicted molar refractivity (Wildman–Crippen MR) is 126 cm³/mol. The number of likely N-dealkylation sites (tertiary alicyclic amines) is 1. The Morgan fingerprint density at radius 3 is 2.41 bits per heavy atom. The van der Waals surface area contributed by atoms with E-state index in [0.29, 0.717) is 19.5 Å². The van der Waals surface area contributed by atoms with Crippen molar-refractivity contribution in [2.45, 2.75) is 33.1 Å². The molecule has 1 fully saturated rings. The van der Waals surface area contributed by atoms with Gasteiger partial charge in [-0.05, 0) is 42.9 Å². The van der Waals surface area contributed by atoms with Crippen molar-refractivity contribution in [2.24, 2.45) is 5.41 Å². The van der Waals surface area contributed by atoms with Gasteiger partial charge in [-0.1, -0.05) is 54.1 Å². The summed E-state index contributed by atoms with van der Waals surface area (Å²) in [6.07, 6.45) is 2.04.